The molecule has 2 aliphatic rings. The Morgan fingerprint density at radius 1 is 1.14 bits per heavy atom. The summed E-state index contributed by atoms with van der Waals surface area (Å²) in [5.74, 6) is -0.110. The number of hydrogen-bond acceptors (Lipinski definition) is 4. The van der Waals surface area contributed by atoms with E-state index in [0.717, 1.165) is 29.1 Å². The van der Waals surface area contributed by atoms with Crippen molar-refractivity contribution in [3.8, 4) is 0 Å². The van der Waals surface area contributed by atoms with E-state index in [0.29, 0.717) is 6.61 Å². The van der Waals surface area contributed by atoms with Crippen LogP contribution in [0.3, 0.4) is 0 Å². The summed E-state index contributed by atoms with van der Waals surface area (Å²) in [4.78, 5) is 9.20. The molecule has 2 unspecified atom stereocenters. The average Bonchev–Trinajstić information content (AvgIpc) is 3.10. The molecule has 5 rings (SSSR count). The van der Waals surface area contributed by atoms with Crippen LogP contribution in [-0.2, 0) is 21.8 Å². The van der Waals surface area contributed by atoms with Gasteiger partial charge in [0, 0.05) is 11.8 Å². The van der Waals surface area contributed by atoms with Gasteiger partial charge in [-0.15, -0.1) is 0 Å². The van der Waals surface area contributed by atoms with Crippen molar-refractivity contribution in [1.82, 2.24) is 14.5 Å². The van der Waals surface area contributed by atoms with Crippen molar-refractivity contribution in [2.45, 2.75) is 18.4 Å². The van der Waals surface area contributed by atoms with Crippen LogP contribution >= 0.6 is 0 Å². The first-order valence-electron chi connectivity index (χ1n) is 7.06. The number of hydrogen-bond donors (Lipinski definition) is 0. The molecule has 1 saturated heterocycles. The van der Waals surface area contributed by atoms with Gasteiger partial charge in [0.1, 0.15) is 11.6 Å². The van der Waals surface area contributed by atoms with Gasteiger partial charge in [0.2, 0.25) is 0 Å². The third-order valence-electron chi connectivity index (χ3n) is 4.14. The summed E-state index contributed by atoms with van der Waals surface area (Å²) in [5, 5.41) is 0. The molecule has 5 heteroatoms. The van der Waals surface area contributed by atoms with Crippen LogP contribution < -0.4 is 0 Å². The molecule has 2 bridgehead atoms. The normalized spacial score (nSPS) is 27.0. The van der Waals surface area contributed by atoms with Crippen LogP contribution in [0.15, 0.2) is 48.7 Å². The maximum Gasteiger partial charge on any atom is 0.256 e. The number of nitrogens with zero attached hydrogens (tertiary/aromatic N) is 3. The highest BCUT2D eigenvalue weighted by molar-refractivity contribution is 5.71. The molecule has 0 radical (unpaired) electrons. The highest BCUT2D eigenvalue weighted by Gasteiger charge is 2.52. The van der Waals surface area contributed by atoms with Crippen molar-refractivity contribution in [3.63, 3.8) is 0 Å². The summed E-state index contributed by atoms with van der Waals surface area (Å²) < 4.78 is 14.4. The summed E-state index contributed by atoms with van der Waals surface area (Å²) in [6.07, 6.45) is 1.84. The minimum absolute atomic E-state index is 0.0390. The summed E-state index contributed by atoms with van der Waals surface area (Å²) in [6, 6.07) is 13.9. The molecule has 2 aliphatic heterocycles. The van der Waals surface area contributed by atoms with E-state index in [1.165, 1.54) is 0 Å². The first-order valence-corrected chi connectivity index (χ1v) is 7.06. The summed E-state index contributed by atoms with van der Waals surface area (Å²) in [7, 11) is 0. The van der Waals surface area contributed by atoms with Gasteiger partial charge in [-0.2, -0.15) is 0 Å². The third-order valence-corrected chi connectivity index (χ3v) is 4.14. The van der Waals surface area contributed by atoms with E-state index in [-0.39, 0.29) is 6.10 Å². The Kier molecular flexibility index (Phi) is 2.12. The van der Waals surface area contributed by atoms with Gasteiger partial charge in [0.15, 0.2) is 11.5 Å². The maximum absolute atomic E-state index is 6.19. The first kappa shape index (κ1) is 11.4. The van der Waals surface area contributed by atoms with Crippen LogP contribution in [0, 0.1) is 0 Å². The number of pyridine rings is 1. The van der Waals surface area contributed by atoms with E-state index >= 15 is 0 Å². The lowest BCUT2D eigenvalue weighted by atomic mass is 10.0. The summed E-state index contributed by atoms with van der Waals surface area (Å²) in [6.45, 7) is 1.31. The van der Waals surface area contributed by atoms with Crippen molar-refractivity contribution in [1.29, 1.82) is 0 Å². The molecule has 5 nitrogen and oxygen atoms in total. The molecule has 2 atom stereocenters. The monoisotopic (exact) mass is 279 g/mol. The first-order chi connectivity index (χ1) is 10.4. The molecule has 2 aromatic heterocycles. The minimum atomic E-state index is -0.898. The zero-order valence-corrected chi connectivity index (χ0v) is 11.3. The molecule has 0 amide bonds. The lowest BCUT2D eigenvalue weighted by molar-refractivity contribution is -0.162. The van der Waals surface area contributed by atoms with Gasteiger partial charge in [-0.05, 0) is 12.1 Å². The Balaban J connectivity index is 1.82. The van der Waals surface area contributed by atoms with Gasteiger partial charge < -0.3 is 14.0 Å². The van der Waals surface area contributed by atoms with Gasteiger partial charge in [-0.1, -0.05) is 30.3 Å². The number of ether oxygens (including phenoxy) is 2. The van der Waals surface area contributed by atoms with Crippen LogP contribution in [0.2, 0.25) is 0 Å². The van der Waals surface area contributed by atoms with Gasteiger partial charge in [-0.25, -0.2) is 9.97 Å². The van der Waals surface area contributed by atoms with Crippen molar-refractivity contribution in [2.24, 2.45) is 0 Å². The predicted molar refractivity (Wildman–Crippen MR) is 75.6 cm³/mol. The van der Waals surface area contributed by atoms with Crippen LogP contribution in [0.25, 0.3) is 11.2 Å². The summed E-state index contributed by atoms with van der Waals surface area (Å²) >= 11 is 0. The lowest BCUT2D eigenvalue weighted by Gasteiger charge is -2.32. The Labute approximate surface area is 121 Å². The maximum atomic E-state index is 6.19. The molecule has 0 spiro atoms. The molecule has 0 saturated carbocycles. The van der Waals surface area contributed by atoms with E-state index < -0.39 is 5.79 Å². The van der Waals surface area contributed by atoms with Crippen molar-refractivity contribution in [3.05, 3.63) is 60.0 Å². The van der Waals surface area contributed by atoms with E-state index in [9.17, 15) is 0 Å². The Morgan fingerprint density at radius 3 is 2.95 bits per heavy atom. The van der Waals surface area contributed by atoms with Crippen molar-refractivity contribution >= 4 is 11.2 Å². The molecule has 4 heterocycles. The molecule has 0 aliphatic carbocycles. The molecule has 0 N–H and O–H groups in total. The number of rotatable bonds is 1. The van der Waals surface area contributed by atoms with Gasteiger partial charge in [0.25, 0.3) is 5.79 Å². The van der Waals surface area contributed by atoms with Gasteiger partial charge >= 0.3 is 0 Å². The highest BCUT2D eigenvalue weighted by atomic mass is 16.7. The molecule has 1 aromatic carbocycles. The number of imidazole rings is 1. The number of fused-ring (bicyclic) bond motifs is 6. The second kappa shape index (κ2) is 3.90. The van der Waals surface area contributed by atoms with Crippen molar-refractivity contribution in [2.75, 3.05) is 6.61 Å². The highest BCUT2D eigenvalue weighted by Crippen LogP contribution is 2.44. The number of aromatic nitrogens is 3. The van der Waals surface area contributed by atoms with Gasteiger partial charge in [-0.3, -0.25) is 0 Å². The Bertz CT molecular complexity index is 830. The SMILES string of the molecule is c1ccc(C23OCC(Cn4c2nc2cccnc24)O3)cc1. The van der Waals surface area contributed by atoms with E-state index in [4.69, 9.17) is 14.5 Å². The zero-order chi connectivity index (χ0) is 13.9. The van der Waals surface area contributed by atoms with Crippen molar-refractivity contribution < 1.29 is 9.47 Å². The average molecular weight is 279 g/mol. The second-order valence-corrected chi connectivity index (χ2v) is 5.43. The largest absolute Gasteiger partial charge is 0.337 e. The van der Waals surface area contributed by atoms with E-state index in [1.807, 2.05) is 42.5 Å². The van der Waals surface area contributed by atoms with E-state index in [2.05, 4.69) is 9.55 Å². The Morgan fingerprint density at radius 2 is 2.05 bits per heavy atom. The van der Waals surface area contributed by atoms with Crippen LogP contribution in [-0.4, -0.2) is 27.2 Å². The molecular weight excluding hydrogens is 266 g/mol. The zero-order valence-electron chi connectivity index (χ0n) is 11.3. The smallest absolute Gasteiger partial charge is 0.256 e. The fourth-order valence-corrected chi connectivity index (χ4v) is 3.24. The topological polar surface area (TPSA) is 49.2 Å². The third kappa shape index (κ3) is 1.42. The predicted octanol–water partition coefficient (Wildman–Crippen LogP) is 2.06. The van der Waals surface area contributed by atoms with Crippen LogP contribution in [0.5, 0.6) is 0 Å². The van der Waals surface area contributed by atoms with Gasteiger partial charge in [0.05, 0.1) is 13.2 Å². The summed E-state index contributed by atoms with van der Waals surface area (Å²) in [5.41, 5.74) is 2.75. The molecule has 3 aromatic rings. The minimum Gasteiger partial charge on any atom is -0.337 e. The molecule has 104 valence electrons. The molecule has 21 heavy (non-hydrogen) atoms. The lowest BCUT2D eigenvalue weighted by Crippen LogP contribution is -2.38. The second-order valence-electron chi connectivity index (χ2n) is 5.43. The fraction of sp³-hybridized carbons (Fsp3) is 0.250. The van der Waals surface area contributed by atoms with E-state index in [1.54, 1.807) is 6.20 Å². The van der Waals surface area contributed by atoms with Crippen LogP contribution in [0.1, 0.15) is 11.4 Å². The standard InChI is InChI=1S/C16H13N3O2/c1-2-5-11(6-3-1)16-15-18-13-7-4-8-17-14(13)19(15)9-12(21-16)10-20-16/h1-8,12H,9-10H2. The number of benzene rings is 1. The molecular formula is C16H13N3O2. The fourth-order valence-electron chi connectivity index (χ4n) is 3.24. The quantitative estimate of drug-likeness (QED) is 0.684. The Hall–Kier alpha value is -2.24. The molecule has 1 fully saturated rings. The van der Waals surface area contributed by atoms with Crippen LogP contribution in [0.4, 0.5) is 0 Å².